The number of nitrogens with zero attached hydrogens (tertiary/aromatic N) is 1. The van der Waals surface area contributed by atoms with E-state index in [1.165, 1.54) is 5.56 Å². The molecule has 0 spiro atoms. The molecule has 100 valence electrons. The zero-order valence-electron chi connectivity index (χ0n) is 11.1. The zero-order valence-corrected chi connectivity index (χ0v) is 11.8. The van der Waals surface area contributed by atoms with Crippen LogP contribution in [0.1, 0.15) is 30.4 Å². The maximum Gasteiger partial charge on any atom is 0.0621 e. The van der Waals surface area contributed by atoms with Gasteiger partial charge in [-0.2, -0.15) is 0 Å². The van der Waals surface area contributed by atoms with Crippen molar-refractivity contribution >= 4 is 11.6 Å². The molecule has 2 atom stereocenters. The quantitative estimate of drug-likeness (QED) is 0.901. The Morgan fingerprint density at radius 3 is 2.58 bits per heavy atom. The van der Waals surface area contributed by atoms with Gasteiger partial charge in [-0.3, -0.25) is 4.98 Å². The van der Waals surface area contributed by atoms with E-state index in [1.54, 1.807) is 12.4 Å². The summed E-state index contributed by atoms with van der Waals surface area (Å²) in [4.78, 5) is 4.00. The van der Waals surface area contributed by atoms with Crippen molar-refractivity contribution in [2.24, 2.45) is 5.73 Å². The highest BCUT2D eigenvalue weighted by Crippen LogP contribution is 2.25. The maximum absolute atomic E-state index is 6.38. The standard InChI is InChI=1S/C16H19ClN2/c1-2-14(12-6-4-3-5-7-12)16(18)10-13-8-9-19-11-15(13)17/h3-9,11,14,16H,2,10,18H2,1H3. The number of rotatable bonds is 5. The third-order valence-corrected chi connectivity index (χ3v) is 3.84. The molecule has 0 aliphatic rings. The predicted molar refractivity (Wildman–Crippen MR) is 80.4 cm³/mol. The largest absolute Gasteiger partial charge is 0.327 e. The number of aromatic nitrogens is 1. The van der Waals surface area contributed by atoms with Gasteiger partial charge in [0, 0.05) is 18.4 Å². The lowest BCUT2D eigenvalue weighted by molar-refractivity contribution is 0.515. The van der Waals surface area contributed by atoms with Gasteiger partial charge in [-0.1, -0.05) is 48.9 Å². The summed E-state index contributed by atoms with van der Waals surface area (Å²) in [5, 5.41) is 0.695. The molecule has 0 radical (unpaired) electrons. The summed E-state index contributed by atoms with van der Waals surface area (Å²) in [5.41, 5.74) is 8.74. The first-order valence-electron chi connectivity index (χ1n) is 6.61. The van der Waals surface area contributed by atoms with Crippen molar-refractivity contribution in [3.8, 4) is 0 Å². The average molecular weight is 275 g/mol. The smallest absolute Gasteiger partial charge is 0.0621 e. The first-order valence-corrected chi connectivity index (χ1v) is 6.99. The van der Waals surface area contributed by atoms with E-state index in [-0.39, 0.29) is 6.04 Å². The third kappa shape index (κ3) is 3.55. The van der Waals surface area contributed by atoms with E-state index >= 15 is 0 Å². The first-order chi connectivity index (χ1) is 9.22. The molecule has 1 aromatic carbocycles. The summed E-state index contributed by atoms with van der Waals surface area (Å²) in [7, 11) is 0. The molecule has 2 aromatic rings. The lowest BCUT2D eigenvalue weighted by Crippen LogP contribution is -2.30. The van der Waals surface area contributed by atoms with Crippen molar-refractivity contribution in [1.29, 1.82) is 0 Å². The fraction of sp³-hybridized carbons (Fsp3) is 0.312. The molecule has 0 saturated carbocycles. The van der Waals surface area contributed by atoms with Crippen LogP contribution in [-0.4, -0.2) is 11.0 Å². The summed E-state index contributed by atoms with van der Waals surface area (Å²) in [5.74, 6) is 0.352. The van der Waals surface area contributed by atoms with E-state index in [2.05, 4.69) is 36.2 Å². The number of pyridine rings is 1. The topological polar surface area (TPSA) is 38.9 Å². The molecule has 0 fully saturated rings. The summed E-state index contributed by atoms with van der Waals surface area (Å²) in [6.45, 7) is 2.17. The van der Waals surface area contributed by atoms with Gasteiger partial charge in [-0.25, -0.2) is 0 Å². The molecule has 0 amide bonds. The van der Waals surface area contributed by atoms with Crippen LogP contribution in [0, 0.1) is 0 Å². The molecule has 3 heteroatoms. The predicted octanol–water partition coefficient (Wildman–Crippen LogP) is 3.80. The van der Waals surface area contributed by atoms with Crippen LogP contribution >= 0.6 is 11.6 Å². The van der Waals surface area contributed by atoms with Crippen LogP contribution in [0.15, 0.2) is 48.8 Å². The van der Waals surface area contributed by atoms with Crippen LogP contribution in [0.2, 0.25) is 5.02 Å². The highest BCUT2D eigenvalue weighted by molar-refractivity contribution is 6.31. The second-order valence-corrected chi connectivity index (χ2v) is 5.17. The van der Waals surface area contributed by atoms with E-state index in [4.69, 9.17) is 17.3 Å². The summed E-state index contributed by atoms with van der Waals surface area (Å²) < 4.78 is 0. The number of halogens is 1. The van der Waals surface area contributed by atoms with Crippen molar-refractivity contribution in [3.63, 3.8) is 0 Å². The van der Waals surface area contributed by atoms with Gasteiger partial charge in [0.2, 0.25) is 0 Å². The van der Waals surface area contributed by atoms with Gasteiger partial charge in [0.1, 0.15) is 0 Å². The molecule has 2 N–H and O–H groups in total. The molecule has 1 heterocycles. The van der Waals surface area contributed by atoms with Crippen LogP contribution < -0.4 is 5.73 Å². The van der Waals surface area contributed by atoms with Gasteiger partial charge >= 0.3 is 0 Å². The van der Waals surface area contributed by atoms with Gasteiger partial charge in [-0.15, -0.1) is 0 Å². The van der Waals surface area contributed by atoms with Crippen molar-refractivity contribution in [3.05, 3.63) is 64.9 Å². The first kappa shape index (κ1) is 14.0. The fourth-order valence-electron chi connectivity index (χ4n) is 2.45. The van der Waals surface area contributed by atoms with E-state index in [0.717, 1.165) is 18.4 Å². The fourth-order valence-corrected chi connectivity index (χ4v) is 2.65. The highest BCUT2D eigenvalue weighted by atomic mass is 35.5. The van der Waals surface area contributed by atoms with Gasteiger partial charge in [0.25, 0.3) is 0 Å². The van der Waals surface area contributed by atoms with Gasteiger partial charge in [0.05, 0.1) is 5.02 Å². The van der Waals surface area contributed by atoms with Gasteiger partial charge in [-0.05, 0) is 36.0 Å². The van der Waals surface area contributed by atoms with Crippen LogP contribution in [-0.2, 0) is 6.42 Å². The molecular formula is C16H19ClN2. The minimum Gasteiger partial charge on any atom is -0.327 e. The third-order valence-electron chi connectivity index (χ3n) is 3.50. The SMILES string of the molecule is CCC(c1ccccc1)C(N)Cc1ccncc1Cl. The van der Waals surface area contributed by atoms with Crippen molar-refractivity contribution in [1.82, 2.24) is 4.98 Å². The van der Waals surface area contributed by atoms with Crippen molar-refractivity contribution in [2.75, 3.05) is 0 Å². The normalized spacial score (nSPS) is 14.1. The van der Waals surface area contributed by atoms with E-state index in [1.807, 2.05) is 12.1 Å². The van der Waals surface area contributed by atoms with Gasteiger partial charge < -0.3 is 5.73 Å². The lowest BCUT2D eigenvalue weighted by atomic mass is 9.86. The molecular weight excluding hydrogens is 256 g/mol. The molecule has 0 aliphatic carbocycles. The molecule has 0 saturated heterocycles. The van der Waals surface area contributed by atoms with E-state index in [9.17, 15) is 0 Å². The summed E-state index contributed by atoms with van der Waals surface area (Å²) >= 11 is 6.14. The second kappa shape index (κ2) is 6.69. The molecule has 2 unspecified atom stereocenters. The molecule has 0 bridgehead atoms. The molecule has 19 heavy (non-hydrogen) atoms. The minimum atomic E-state index is 0.0623. The Bertz CT molecular complexity index is 513. The lowest BCUT2D eigenvalue weighted by Gasteiger charge is -2.23. The molecule has 1 aromatic heterocycles. The number of benzene rings is 1. The average Bonchev–Trinajstić information content (AvgIpc) is 2.43. The van der Waals surface area contributed by atoms with Crippen molar-refractivity contribution in [2.45, 2.75) is 31.7 Å². The molecule has 2 nitrogen and oxygen atoms in total. The Hall–Kier alpha value is -1.38. The highest BCUT2D eigenvalue weighted by Gasteiger charge is 2.19. The van der Waals surface area contributed by atoms with Crippen LogP contribution in [0.3, 0.4) is 0 Å². The van der Waals surface area contributed by atoms with Crippen LogP contribution in [0.25, 0.3) is 0 Å². The Morgan fingerprint density at radius 1 is 1.21 bits per heavy atom. The Labute approximate surface area is 119 Å². The minimum absolute atomic E-state index is 0.0623. The number of nitrogens with two attached hydrogens (primary N) is 1. The van der Waals surface area contributed by atoms with Crippen LogP contribution in [0.5, 0.6) is 0 Å². The van der Waals surface area contributed by atoms with E-state index in [0.29, 0.717) is 10.9 Å². The summed E-state index contributed by atoms with van der Waals surface area (Å²) in [6.07, 6.45) is 5.23. The Kier molecular flexibility index (Phi) is 4.94. The monoisotopic (exact) mass is 274 g/mol. The summed E-state index contributed by atoms with van der Waals surface area (Å²) in [6, 6.07) is 12.4. The van der Waals surface area contributed by atoms with Gasteiger partial charge in [0.15, 0.2) is 0 Å². The number of hydrogen-bond acceptors (Lipinski definition) is 2. The second-order valence-electron chi connectivity index (χ2n) is 4.76. The van der Waals surface area contributed by atoms with Crippen LogP contribution in [0.4, 0.5) is 0 Å². The Morgan fingerprint density at radius 2 is 1.95 bits per heavy atom. The Balaban J connectivity index is 2.14. The maximum atomic E-state index is 6.38. The zero-order chi connectivity index (χ0) is 13.7. The van der Waals surface area contributed by atoms with E-state index < -0.39 is 0 Å². The molecule has 2 rings (SSSR count). The number of hydrogen-bond donors (Lipinski definition) is 1. The molecule has 0 aliphatic heterocycles. The van der Waals surface area contributed by atoms with Crippen molar-refractivity contribution < 1.29 is 0 Å².